The maximum atomic E-state index is 12.2. The predicted octanol–water partition coefficient (Wildman–Crippen LogP) is 4.51. The Morgan fingerprint density at radius 3 is 2.45 bits per heavy atom. The molecular formula is C10H6BrCl3N2O3S. The maximum absolute atomic E-state index is 12.2. The molecule has 0 atom stereocenters. The SMILES string of the molecule is Cc1noc(NS(=O)(=O)c2ccc(Cl)c(Cl)c2Cl)c1Br. The van der Waals surface area contributed by atoms with Gasteiger partial charge in [-0.1, -0.05) is 40.0 Å². The summed E-state index contributed by atoms with van der Waals surface area (Å²) in [4.78, 5) is -0.213. The first-order chi connectivity index (χ1) is 9.24. The van der Waals surface area contributed by atoms with Gasteiger partial charge < -0.3 is 4.52 Å². The van der Waals surface area contributed by atoms with Gasteiger partial charge in [-0.3, -0.25) is 0 Å². The number of hydrogen-bond acceptors (Lipinski definition) is 4. The van der Waals surface area contributed by atoms with E-state index >= 15 is 0 Å². The Balaban J connectivity index is 2.46. The molecule has 0 aliphatic heterocycles. The summed E-state index contributed by atoms with van der Waals surface area (Å²) >= 11 is 20.6. The van der Waals surface area contributed by atoms with Crippen LogP contribution in [0.1, 0.15) is 5.69 Å². The van der Waals surface area contributed by atoms with Gasteiger partial charge in [0.05, 0.1) is 20.8 Å². The van der Waals surface area contributed by atoms with E-state index in [-0.39, 0.29) is 25.8 Å². The summed E-state index contributed by atoms with van der Waals surface area (Å²) in [7, 11) is -3.98. The zero-order valence-electron chi connectivity index (χ0n) is 9.75. The van der Waals surface area contributed by atoms with Gasteiger partial charge in [0.15, 0.2) is 0 Å². The highest BCUT2D eigenvalue weighted by Crippen LogP contribution is 2.36. The van der Waals surface area contributed by atoms with Gasteiger partial charge >= 0.3 is 0 Å². The van der Waals surface area contributed by atoms with Gasteiger partial charge in [0.2, 0.25) is 0 Å². The van der Waals surface area contributed by atoms with E-state index in [0.717, 1.165) is 0 Å². The number of sulfonamides is 1. The molecule has 2 rings (SSSR count). The molecule has 0 bridgehead atoms. The fraction of sp³-hybridized carbons (Fsp3) is 0.100. The number of hydrogen-bond donors (Lipinski definition) is 1. The summed E-state index contributed by atoms with van der Waals surface area (Å²) in [6.07, 6.45) is 0. The van der Waals surface area contributed by atoms with Gasteiger partial charge in [-0.15, -0.1) is 0 Å². The summed E-state index contributed by atoms with van der Waals surface area (Å²) in [5, 5.41) is 3.57. The highest BCUT2D eigenvalue weighted by Gasteiger charge is 2.24. The Morgan fingerprint density at radius 2 is 1.90 bits per heavy atom. The molecule has 0 unspecified atom stereocenters. The van der Waals surface area contributed by atoms with Crippen molar-refractivity contribution in [3.8, 4) is 0 Å². The van der Waals surface area contributed by atoms with E-state index in [0.29, 0.717) is 10.2 Å². The van der Waals surface area contributed by atoms with Crippen molar-refractivity contribution in [1.82, 2.24) is 5.16 Å². The predicted molar refractivity (Wildman–Crippen MR) is 81.2 cm³/mol. The average Bonchev–Trinajstić information content (AvgIpc) is 2.67. The van der Waals surface area contributed by atoms with Crippen LogP contribution in [0.15, 0.2) is 26.0 Å². The largest absolute Gasteiger partial charge is 0.336 e. The van der Waals surface area contributed by atoms with Crippen molar-refractivity contribution in [3.05, 3.63) is 37.4 Å². The van der Waals surface area contributed by atoms with Gasteiger partial charge in [-0.25, -0.2) is 13.1 Å². The minimum atomic E-state index is -3.98. The number of benzene rings is 1. The molecule has 0 aliphatic rings. The van der Waals surface area contributed by atoms with Crippen LogP contribution < -0.4 is 4.72 Å². The zero-order chi connectivity index (χ0) is 15.1. The molecule has 1 aromatic carbocycles. The van der Waals surface area contributed by atoms with Crippen LogP contribution in [0, 0.1) is 6.92 Å². The number of rotatable bonds is 3. The fourth-order valence-electron chi connectivity index (χ4n) is 1.31. The molecule has 1 N–H and O–H groups in total. The quantitative estimate of drug-likeness (QED) is 0.742. The molecule has 0 aliphatic carbocycles. The van der Waals surface area contributed by atoms with Crippen LogP contribution in [-0.2, 0) is 10.0 Å². The van der Waals surface area contributed by atoms with E-state index in [2.05, 4.69) is 25.8 Å². The minimum absolute atomic E-state index is 0.0379. The van der Waals surface area contributed by atoms with Crippen molar-refractivity contribution in [1.29, 1.82) is 0 Å². The summed E-state index contributed by atoms with van der Waals surface area (Å²) in [5.41, 5.74) is 0.503. The van der Waals surface area contributed by atoms with Gasteiger partial charge in [-0.05, 0) is 35.0 Å². The molecule has 0 amide bonds. The van der Waals surface area contributed by atoms with E-state index in [1.54, 1.807) is 6.92 Å². The fourth-order valence-corrected chi connectivity index (χ4v) is 3.66. The number of nitrogens with zero attached hydrogens (tertiary/aromatic N) is 1. The molecule has 0 spiro atoms. The molecule has 1 heterocycles. The molecule has 0 saturated carbocycles. The van der Waals surface area contributed by atoms with Crippen LogP contribution in [0.5, 0.6) is 0 Å². The van der Waals surface area contributed by atoms with Crippen LogP contribution in [0.4, 0.5) is 5.88 Å². The average molecular weight is 420 g/mol. The lowest BCUT2D eigenvalue weighted by Crippen LogP contribution is -2.13. The van der Waals surface area contributed by atoms with E-state index < -0.39 is 10.0 Å². The lowest BCUT2D eigenvalue weighted by atomic mass is 10.4. The number of halogens is 4. The molecule has 0 saturated heterocycles. The number of aryl methyl sites for hydroxylation is 1. The molecule has 0 fully saturated rings. The molecule has 10 heteroatoms. The summed E-state index contributed by atoms with van der Waals surface area (Å²) in [6, 6.07) is 2.58. The van der Waals surface area contributed by atoms with Crippen molar-refractivity contribution < 1.29 is 12.9 Å². The number of anilines is 1. The Labute approximate surface area is 138 Å². The standard InChI is InChI=1S/C10H6BrCl3N2O3S/c1-4-7(11)10(19-15-4)16-20(17,18)6-3-2-5(12)8(13)9(6)14/h2-3,16H,1H3. The van der Waals surface area contributed by atoms with Gasteiger partial charge in [0, 0.05) is 0 Å². The van der Waals surface area contributed by atoms with E-state index in [1.807, 2.05) is 0 Å². The Hall–Kier alpha value is -0.470. The molecule has 5 nitrogen and oxygen atoms in total. The Morgan fingerprint density at radius 1 is 1.25 bits per heavy atom. The van der Waals surface area contributed by atoms with Crippen LogP contribution in [0.3, 0.4) is 0 Å². The van der Waals surface area contributed by atoms with Crippen LogP contribution in [0.25, 0.3) is 0 Å². The zero-order valence-corrected chi connectivity index (χ0v) is 14.4. The van der Waals surface area contributed by atoms with E-state index in [4.69, 9.17) is 39.3 Å². The monoisotopic (exact) mass is 418 g/mol. The molecular weight excluding hydrogens is 414 g/mol. The third kappa shape index (κ3) is 2.92. The Bertz CT molecular complexity index is 776. The number of aromatic nitrogens is 1. The summed E-state index contributed by atoms with van der Waals surface area (Å²) in [5.74, 6) is -0.0513. The van der Waals surface area contributed by atoms with Crippen molar-refractivity contribution in [2.75, 3.05) is 4.72 Å². The van der Waals surface area contributed by atoms with Crippen LogP contribution in [0.2, 0.25) is 15.1 Å². The first kappa shape index (κ1) is 15.9. The molecule has 2 aromatic rings. The Kier molecular flexibility index (Phi) is 4.56. The maximum Gasteiger partial charge on any atom is 0.265 e. The van der Waals surface area contributed by atoms with Crippen molar-refractivity contribution in [3.63, 3.8) is 0 Å². The second-order valence-electron chi connectivity index (χ2n) is 3.69. The van der Waals surface area contributed by atoms with Gasteiger partial charge in [0.1, 0.15) is 9.37 Å². The van der Waals surface area contributed by atoms with Gasteiger partial charge in [0.25, 0.3) is 15.9 Å². The first-order valence-electron chi connectivity index (χ1n) is 5.02. The third-order valence-electron chi connectivity index (χ3n) is 2.31. The second-order valence-corrected chi connectivity index (χ2v) is 7.30. The summed E-state index contributed by atoms with van der Waals surface area (Å²) < 4.78 is 32.0. The minimum Gasteiger partial charge on any atom is -0.336 e. The molecule has 1 aromatic heterocycles. The third-order valence-corrected chi connectivity index (χ3v) is 6.02. The molecule has 20 heavy (non-hydrogen) atoms. The van der Waals surface area contributed by atoms with Crippen molar-refractivity contribution in [2.45, 2.75) is 11.8 Å². The van der Waals surface area contributed by atoms with E-state index in [9.17, 15) is 8.42 Å². The lowest BCUT2D eigenvalue weighted by molar-refractivity contribution is 0.430. The molecule has 0 radical (unpaired) electrons. The van der Waals surface area contributed by atoms with Crippen molar-refractivity contribution >= 4 is 66.6 Å². The van der Waals surface area contributed by atoms with Gasteiger partial charge in [-0.2, -0.15) is 0 Å². The second kappa shape index (κ2) is 5.73. The normalized spacial score (nSPS) is 11.7. The lowest BCUT2D eigenvalue weighted by Gasteiger charge is -2.09. The molecule has 108 valence electrons. The summed E-state index contributed by atoms with van der Waals surface area (Å²) in [6.45, 7) is 1.65. The highest BCUT2D eigenvalue weighted by molar-refractivity contribution is 9.10. The van der Waals surface area contributed by atoms with Crippen molar-refractivity contribution in [2.24, 2.45) is 0 Å². The first-order valence-corrected chi connectivity index (χ1v) is 8.43. The van der Waals surface area contributed by atoms with Crippen LogP contribution >= 0.6 is 50.7 Å². The van der Waals surface area contributed by atoms with Crippen LogP contribution in [-0.4, -0.2) is 13.6 Å². The number of nitrogens with one attached hydrogen (secondary N) is 1. The topological polar surface area (TPSA) is 72.2 Å². The highest BCUT2D eigenvalue weighted by atomic mass is 79.9. The smallest absolute Gasteiger partial charge is 0.265 e. The van der Waals surface area contributed by atoms with E-state index in [1.165, 1.54) is 12.1 Å².